The first-order valence-corrected chi connectivity index (χ1v) is 6.40. The highest BCUT2D eigenvalue weighted by Crippen LogP contribution is 2.23. The summed E-state index contributed by atoms with van der Waals surface area (Å²) in [6.07, 6.45) is 4.60. The van der Waals surface area contributed by atoms with E-state index < -0.39 is 0 Å². The maximum atomic E-state index is 11.6. The molecule has 1 aliphatic heterocycles. The van der Waals surface area contributed by atoms with Gasteiger partial charge in [-0.15, -0.1) is 0 Å². The minimum absolute atomic E-state index is 0.130. The first kappa shape index (κ1) is 13.5. The van der Waals surface area contributed by atoms with Gasteiger partial charge in [0.05, 0.1) is 6.04 Å². The van der Waals surface area contributed by atoms with Crippen molar-refractivity contribution in [3.8, 4) is 0 Å². The molecular weight excluding hydrogens is 200 g/mol. The highest BCUT2D eigenvalue weighted by Gasteiger charge is 2.29. The second-order valence-electron chi connectivity index (χ2n) is 5.97. The Morgan fingerprint density at radius 3 is 2.69 bits per heavy atom. The van der Waals surface area contributed by atoms with Gasteiger partial charge in [0.1, 0.15) is 0 Å². The summed E-state index contributed by atoms with van der Waals surface area (Å²) in [7, 11) is 1.73. The Labute approximate surface area is 99.6 Å². The number of carbonyl (C=O) groups excluding carboxylic acids is 1. The van der Waals surface area contributed by atoms with E-state index >= 15 is 0 Å². The van der Waals surface area contributed by atoms with Crippen LogP contribution >= 0.6 is 0 Å². The number of hydrogen-bond acceptors (Lipinski definition) is 2. The summed E-state index contributed by atoms with van der Waals surface area (Å²) in [5.41, 5.74) is 0.405. The molecule has 1 N–H and O–H groups in total. The molecule has 0 aliphatic carbocycles. The zero-order valence-electron chi connectivity index (χ0n) is 11.2. The van der Waals surface area contributed by atoms with Gasteiger partial charge in [-0.25, -0.2) is 0 Å². The summed E-state index contributed by atoms with van der Waals surface area (Å²) in [5, 5.41) is 2.76. The number of nitrogens with one attached hydrogen (secondary N) is 1. The molecule has 0 unspecified atom stereocenters. The zero-order chi connectivity index (χ0) is 12.2. The molecule has 1 fully saturated rings. The van der Waals surface area contributed by atoms with E-state index in [-0.39, 0.29) is 11.9 Å². The highest BCUT2D eigenvalue weighted by atomic mass is 16.2. The molecule has 0 bridgehead atoms. The van der Waals surface area contributed by atoms with Gasteiger partial charge in [-0.1, -0.05) is 20.8 Å². The van der Waals surface area contributed by atoms with Gasteiger partial charge in [-0.3, -0.25) is 9.69 Å². The standard InChI is InChI=1S/C13H26N2O/c1-13(2,3)8-6-10-15-9-5-7-11(15)12(16)14-4/h11H,5-10H2,1-4H3,(H,14,16)/t11-/m1/s1. The van der Waals surface area contributed by atoms with Gasteiger partial charge >= 0.3 is 0 Å². The van der Waals surface area contributed by atoms with E-state index in [9.17, 15) is 4.79 Å². The molecule has 3 nitrogen and oxygen atoms in total. The SMILES string of the molecule is CNC(=O)[C@H]1CCCN1CCCC(C)(C)C. The molecule has 0 saturated carbocycles. The molecule has 1 aliphatic rings. The van der Waals surface area contributed by atoms with Crippen molar-refractivity contribution >= 4 is 5.91 Å². The molecule has 1 heterocycles. The molecule has 1 rings (SSSR count). The van der Waals surface area contributed by atoms with Crippen molar-refractivity contribution in [1.29, 1.82) is 0 Å². The predicted octanol–water partition coefficient (Wildman–Crippen LogP) is 2.02. The lowest BCUT2D eigenvalue weighted by molar-refractivity contribution is -0.125. The fourth-order valence-electron chi connectivity index (χ4n) is 2.37. The number of rotatable bonds is 4. The number of likely N-dealkylation sites (tertiary alicyclic amines) is 1. The van der Waals surface area contributed by atoms with Crippen LogP contribution in [0.5, 0.6) is 0 Å². The van der Waals surface area contributed by atoms with Crippen molar-refractivity contribution in [2.45, 2.75) is 52.5 Å². The van der Waals surface area contributed by atoms with Crippen LogP contribution in [0.1, 0.15) is 46.5 Å². The maximum absolute atomic E-state index is 11.6. The average Bonchev–Trinajstić information content (AvgIpc) is 2.63. The maximum Gasteiger partial charge on any atom is 0.237 e. The summed E-state index contributed by atoms with van der Waals surface area (Å²) in [6.45, 7) is 8.96. The van der Waals surface area contributed by atoms with Crippen LogP contribution in [0.3, 0.4) is 0 Å². The lowest BCUT2D eigenvalue weighted by Gasteiger charge is -2.25. The van der Waals surface area contributed by atoms with Crippen molar-refractivity contribution in [3.05, 3.63) is 0 Å². The van der Waals surface area contributed by atoms with Crippen molar-refractivity contribution in [2.75, 3.05) is 20.1 Å². The summed E-state index contributed by atoms with van der Waals surface area (Å²) in [5.74, 6) is 0.188. The normalized spacial score (nSPS) is 22.4. The van der Waals surface area contributed by atoms with E-state index in [0.717, 1.165) is 25.9 Å². The fraction of sp³-hybridized carbons (Fsp3) is 0.923. The van der Waals surface area contributed by atoms with Crippen molar-refractivity contribution in [1.82, 2.24) is 10.2 Å². The summed E-state index contributed by atoms with van der Waals surface area (Å²) in [4.78, 5) is 14.0. The van der Waals surface area contributed by atoms with E-state index in [1.807, 2.05) is 0 Å². The van der Waals surface area contributed by atoms with Gasteiger partial charge in [0.15, 0.2) is 0 Å². The number of amides is 1. The number of carbonyl (C=O) groups is 1. The summed E-state index contributed by atoms with van der Waals surface area (Å²) in [6, 6.07) is 0.130. The molecule has 3 heteroatoms. The minimum atomic E-state index is 0.130. The van der Waals surface area contributed by atoms with Crippen molar-refractivity contribution in [2.24, 2.45) is 5.41 Å². The van der Waals surface area contributed by atoms with Crippen LogP contribution in [-0.2, 0) is 4.79 Å². The second kappa shape index (κ2) is 5.67. The largest absolute Gasteiger partial charge is 0.358 e. The monoisotopic (exact) mass is 226 g/mol. The third kappa shape index (κ3) is 4.12. The van der Waals surface area contributed by atoms with Crippen LogP contribution in [0.4, 0.5) is 0 Å². The molecule has 0 aromatic heterocycles. The zero-order valence-corrected chi connectivity index (χ0v) is 11.2. The Hall–Kier alpha value is -0.570. The number of nitrogens with zero attached hydrogens (tertiary/aromatic N) is 1. The average molecular weight is 226 g/mol. The van der Waals surface area contributed by atoms with E-state index in [4.69, 9.17) is 0 Å². The van der Waals surface area contributed by atoms with Crippen LogP contribution in [-0.4, -0.2) is 37.0 Å². The number of likely N-dealkylation sites (N-methyl/N-ethyl adjacent to an activating group) is 1. The summed E-state index contributed by atoms with van der Waals surface area (Å²) >= 11 is 0. The van der Waals surface area contributed by atoms with Gasteiger partial charge in [0, 0.05) is 7.05 Å². The molecule has 0 spiro atoms. The first-order valence-electron chi connectivity index (χ1n) is 6.40. The van der Waals surface area contributed by atoms with Crippen molar-refractivity contribution < 1.29 is 4.79 Å². The van der Waals surface area contributed by atoms with Crippen molar-refractivity contribution in [3.63, 3.8) is 0 Å². The lowest BCUT2D eigenvalue weighted by atomic mass is 9.90. The van der Waals surface area contributed by atoms with E-state index in [0.29, 0.717) is 5.41 Å². The minimum Gasteiger partial charge on any atom is -0.358 e. The highest BCUT2D eigenvalue weighted by molar-refractivity contribution is 5.81. The van der Waals surface area contributed by atoms with Gasteiger partial charge in [-0.05, 0) is 44.2 Å². The van der Waals surface area contributed by atoms with E-state index in [1.54, 1.807) is 7.05 Å². The van der Waals surface area contributed by atoms with Gasteiger partial charge in [0.25, 0.3) is 0 Å². The predicted molar refractivity (Wildman–Crippen MR) is 67.4 cm³/mol. The molecule has 1 atom stereocenters. The van der Waals surface area contributed by atoms with Crippen LogP contribution in [0, 0.1) is 5.41 Å². The Bertz CT molecular complexity index is 233. The van der Waals surface area contributed by atoms with Gasteiger partial charge in [0.2, 0.25) is 5.91 Å². The quantitative estimate of drug-likeness (QED) is 0.795. The Kier molecular flexibility index (Phi) is 4.78. The fourth-order valence-corrected chi connectivity index (χ4v) is 2.37. The molecule has 0 aromatic carbocycles. The first-order chi connectivity index (χ1) is 7.44. The topological polar surface area (TPSA) is 32.3 Å². The molecular formula is C13H26N2O. The summed E-state index contributed by atoms with van der Waals surface area (Å²) < 4.78 is 0. The van der Waals surface area contributed by atoms with Crippen LogP contribution in [0.15, 0.2) is 0 Å². The van der Waals surface area contributed by atoms with Crippen LogP contribution < -0.4 is 5.32 Å². The van der Waals surface area contributed by atoms with Crippen LogP contribution in [0.2, 0.25) is 0 Å². The van der Waals surface area contributed by atoms with Gasteiger partial charge in [-0.2, -0.15) is 0 Å². The molecule has 0 aromatic rings. The van der Waals surface area contributed by atoms with Gasteiger partial charge < -0.3 is 5.32 Å². The third-order valence-electron chi connectivity index (χ3n) is 3.28. The Morgan fingerprint density at radius 2 is 2.12 bits per heavy atom. The Balaban J connectivity index is 2.33. The molecule has 0 radical (unpaired) electrons. The third-order valence-corrected chi connectivity index (χ3v) is 3.28. The van der Waals surface area contributed by atoms with Crippen LogP contribution in [0.25, 0.3) is 0 Å². The lowest BCUT2D eigenvalue weighted by Crippen LogP contribution is -2.42. The second-order valence-corrected chi connectivity index (χ2v) is 5.97. The smallest absolute Gasteiger partial charge is 0.237 e. The number of hydrogen-bond donors (Lipinski definition) is 1. The van der Waals surface area contributed by atoms with E-state index in [1.165, 1.54) is 12.8 Å². The Morgan fingerprint density at radius 1 is 1.44 bits per heavy atom. The van der Waals surface area contributed by atoms with E-state index in [2.05, 4.69) is 31.0 Å². The molecule has 16 heavy (non-hydrogen) atoms. The molecule has 1 saturated heterocycles. The molecule has 94 valence electrons. The molecule has 1 amide bonds.